The lowest BCUT2D eigenvalue weighted by Gasteiger charge is -2.43. The monoisotopic (exact) mass is 459 g/mol. The average Bonchev–Trinajstić information content (AvgIpc) is 3.00. The number of carbonyl (C=O) groups is 1. The number of nitrogens with zero attached hydrogens (tertiary/aromatic N) is 2. The largest absolute Gasteiger partial charge is 0.322 e. The highest BCUT2D eigenvalue weighted by Gasteiger charge is 2.43. The van der Waals surface area contributed by atoms with Gasteiger partial charge in [-0.15, -0.1) is 0 Å². The molecule has 1 N–H and O–H groups in total. The molecule has 2 aliphatic heterocycles. The van der Waals surface area contributed by atoms with Crippen LogP contribution in [0.1, 0.15) is 51.0 Å². The third-order valence-electron chi connectivity index (χ3n) is 6.70. The molecule has 0 spiro atoms. The SMILES string of the molecule is CCCCN1[C@@H]2CC[C@@H]1CC(N(Cc1ccccc1)C(=O)Nc1ccc(Cl)c(Cl)c1)C2. The topological polar surface area (TPSA) is 35.6 Å². The lowest BCUT2D eigenvalue weighted by atomic mass is 9.95. The molecule has 0 unspecified atom stereocenters. The molecule has 4 nitrogen and oxygen atoms in total. The van der Waals surface area contributed by atoms with E-state index in [-0.39, 0.29) is 12.1 Å². The zero-order valence-electron chi connectivity index (χ0n) is 18.1. The van der Waals surface area contributed by atoms with Gasteiger partial charge in [-0.1, -0.05) is 66.9 Å². The number of hydrogen-bond acceptors (Lipinski definition) is 2. The molecule has 2 amide bonds. The molecule has 2 fully saturated rings. The summed E-state index contributed by atoms with van der Waals surface area (Å²) in [5, 5.41) is 3.98. The zero-order valence-corrected chi connectivity index (χ0v) is 19.6. The molecule has 2 atom stereocenters. The van der Waals surface area contributed by atoms with Gasteiger partial charge in [0, 0.05) is 30.4 Å². The number of piperidine rings is 1. The van der Waals surface area contributed by atoms with E-state index in [0.717, 1.165) is 18.4 Å². The fraction of sp³-hybridized carbons (Fsp3) is 0.480. The van der Waals surface area contributed by atoms with Crippen molar-refractivity contribution in [3.8, 4) is 0 Å². The molecular formula is C25H31Cl2N3O. The van der Waals surface area contributed by atoms with Crippen molar-refractivity contribution >= 4 is 34.9 Å². The Bertz CT molecular complexity index is 878. The van der Waals surface area contributed by atoms with Gasteiger partial charge < -0.3 is 10.2 Å². The number of nitrogens with one attached hydrogen (secondary N) is 1. The van der Waals surface area contributed by atoms with Crippen molar-refractivity contribution in [2.24, 2.45) is 0 Å². The van der Waals surface area contributed by atoms with Crippen molar-refractivity contribution in [1.82, 2.24) is 9.80 Å². The average molecular weight is 460 g/mol. The van der Waals surface area contributed by atoms with Gasteiger partial charge in [0.2, 0.25) is 0 Å². The van der Waals surface area contributed by atoms with Crippen LogP contribution in [0.2, 0.25) is 10.0 Å². The summed E-state index contributed by atoms with van der Waals surface area (Å²) in [7, 11) is 0. The number of urea groups is 1. The second-order valence-corrected chi connectivity index (χ2v) is 9.59. The Balaban J connectivity index is 1.52. The molecule has 0 aromatic heterocycles. The summed E-state index contributed by atoms with van der Waals surface area (Å²) in [4.78, 5) is 18.2. The third kappa shape index (κ3) is 5.36. The van der Waals surface area contributed by atoms with Gasteiger partial charge in [-0.25, -0.2) is 4.79 Å². The van der Waals surface area contributed by atoms with Crippen molar-refractivity contribution in [3.05, 3.63) is 64.1 Å². The third-order valence-corrected chi connectivity index (χ3v) is 7.44. The van der Waals surface area contributed by atoms with Crippen LogP contribution in [0.3, 0.4) is 0 Å². The van der Waals surface area contributed by atoms with Crippen LogP contribution in [0.25, 0.3) is 0 Å². The fourth-order valence-electron chi connectivity index (χ4n) is 5.12. The Hall–Kier alpha value is -1.75. The first kappa shape index (κ1) is 22.4. The van der Waals surface area contributed by atoms with E-state index < -0.39 is 0 Å². The molecule has 2 saturated heterocycles. The first-order valence-corrected chi connectivity index (χ1v) is 12.1. The molecule has 0 saturated carbocycles. The van der Waals surface area contributed by atoms with Gasteiger partial charge in [0.25, 0.3) is 0 Å². The molecule has 2 aromatic carbocycles. The van der Waals surface area contributed by atoms with Gasteiger partial charge in [-0.3, -0.25) is 4.90 Å². The number of fused-ring (bicyclic) bond motifs is 2. The Kier molecular flexibility index (Phi) is 7.42. The van der Waals surface area contributed by atoms with Crippen LogP contribution in [0, 0.1) is 0 Å². The number of anilines is 1. The van der Waals surface area contributed by atoms with E-state index in [1.807, 2.05) is 23.1 Å². The molecule has 4 rings (SSSR count). The minimum Gasteiger partial charge on any atom is -0.317 e. The Morgan fingerprint density at radius 1 is 1.06 bits per heavy atom. The van der Waals surface area contributed by atoms with E-state index in [2.05, 4.69) is 29.3 Å². The predicted octanol–water partition coefficient (Wildman–Crippen LogP) is 6.82. The lowest BCUT2D eigenvalue weighted by molar-refractivity contribution is 0.0719. The molecule has 0 aliphatic carbocycles. The quantitative estimate of drug-likeness (QED) is 0.492. The van der Waals surface area contributed by atoms with Crippen LogP contribution < -0.4 is 5.32 Å². The molecule has 2 aliphatic rings. The molecule has 2 bridgehead atoms. The van der Waals surface area contributed by atoms with Crippen molar-refractivity contribution in [3.63, 3.8) is 0 Å². The second-order valence-electron chi connectivity index (χ2n) is 8.77. The van der Waals surface area contributed by atoms with E-state index in [9.17, 15) is 4.79 Å². The van der Waals surface area contributed by atoms with E-state index in [1.165, 1.54) is 32.2 Å². The summed E-state index contributed by atoms with van der Waals surface area (Å²) < 4.78 is 0. The van der Waals surface area contributed by atoms with Crippen molar-refractivity contribution < 1.29 is 4.79 Å². The standard InChI is InChI=1S/C25H31Cl2N3O/c1-2-3-13-29-20-10-11-21(29)16-22(15-20)30(17-18-7-5-4-6-8-18)25(31)28-19-9-12-23(26)24(27)14-19/h4-9,12,14,20-22H,2-3,10-11,13,15-17H2,1H3,(H,28,31)/t20-,21-/m1/s1. The molecule has 31 heavy (non-hydrogen) atoms. The summed E-state index contributed by atoms with van der Waals surface area (Å²) in [5.74, 6) is 0. The minimum absolute atomic E-state index is 0.0753. The summed E-state index contributed by atoms with van der Waals surface area (Å²) in [6.45, 7) is 4.05. The van der Waals surface area contributed by atoms with Crippen molar-refractivity contribution in [2.45, 2.75) is 70.1 Å². The van der Waals surface area contributed by atoms with E-state index in [4.69, 9.17) is 23.2 Å². The van der Waals surface area contributed by atoms with Gasteiger partial charge in [-0.05, 0) is 62.4 Å². The smallest absolute Gasteiger partial charge is 0.317 e. The lowest BCUT2D eigenvalue weighted by Crippen LogP contribution is -2.52. The Labute approximate surface area is 195 Å². The fourth-order valence-corrected chi connectivity index (χ4v) is 5.42. The number of amides is 2. The van der Waals surface area contributed by atoms with Crippen LogP contribution >= 0.6 is 23.2 Å². The molecular weight excluding hydrogens is 429 g/mol. The first-order chi connectivity index (χ1) is 15.0. The van der Waals surface area contributed by atoms with E-state index in [1.54, 1.807) is 18.2 Å². The van der Waals surface area contributed by atoms with Crippen LogP contribution in [-0.2, 0) is 6.54 Å². The number of benzene rings is 2. The summed E-state index contributed by atoms with van der Waals surface area (Å²) in [5.41, 5.74) is 1.81. The Morgan fingerprint density at radius 2 is 1.77 bits per heavy atom. The normalized spacial score (nSPS) is 23.0. The van der Waals surface area contributed by atoms with Crippen molar-refractivity contribution in [2.75, 3.05) is 11.9 Å². The molecule has 6 heteroatoms. The highest BCUT2D eigenvalue weighted by molar-refractivity contribution is 6.42. The van der Waals surface area contributed by atoms with Gasteiger partial charge >= 0.3 is 6.03 Å². The minimum atomic E-state index is -0.0753. The molecule has 2 aromatic rings. The van der Waals surface area contributed by atoms with Gasteiger partial charge in [0.15, 0.2) is 0 Å². The Morgan fingerprint density at radius 3 is 2.42 bits per heavy atom. The van der Waals surface area contributed by atoms with E-state index >= 15 is 0 Å². The first-order valence-electron chi connectivity index (χ1n) is 11.4. The summed E-state index contributed by atoms with van der Waals surface area (Å²) in [6.07, 6.45) is 7.06. The summed E-state index contributed by atoms with van der Waals surface area (Å²) in [6, 6.07) is 16.8. The van der Waals surface area contributed by atoms with Crippen molar-refractivity contribution in [1.29, 1.82) is 0 Å². The van der Waals surface area contributed by atoms with Crippen LogP contribution in [0.15, 0.2) is 48.5 Å². The molecule has 2 heterocycles. The van der Waals surface area contributed by atoms with Gasteiger partial charge in [-0.2, -0.15) is 0 Å². The maximum Gasteiger partial charge on any atom is 0.322 e. The number of carbonyl (C=O) groups excluding carboxylic acids is 1. The highest BCUT2D eigenvalue weighted by atomic mass is 35.5. The van der Waals surface area contributed by atoms with E-state index in [0.29, 0.717) is 34.4 Å². The van der Waals surface area contributed by atoms with Gasteiger partial charge in [0.1, 0.15) is 0 Å². The zero-order chi connectivity index (χ0) is 21.8. The van der Waals surface area contributed by atoms with Crippen LogP contribution in [0.4, 0.5) is 10.5 Å². The maximum atomic E-state index is 13.4. The predicted molar refractivity (Wildman–Crippen MR) is 129 cm³/mol. The number of hydrogen-bond donors (Lipinski definition) is 1. The van der Waals surface area contributed by atoms with Crippen LogP contribution in [-0.4, -0.2) is 40.5 Å². The molecule has 166 valence electrons. The number of rotatable bonds is 7. The molecule has 0 radical (unpaired) electrons. The number of unbranched alkanes of at least 4 members (excludes halogenated alkanes) is 1. The van der Waals surface area contributed by atoms with Gasteiger partial charge in [0.05, 0.1) is 10.0 Å². The second kappa shape index (κ2) is 10.2. The highest BCUT2D eigenvalue weighted by Crippen LogP contribution is 2.38. The number of halogens is 2. The van der Waals surface area contributed by atoms with Crippen LogP contribution in [0.5, 0.6) is 0 Å². The summed E-state index contributed by atoms with van der Waals surface area (Å²) >= 11 is 12.2. The maximum absolute atomic E-state index is 13.4.